The molecule has 0 fully saturated rings. The van der Waals surface area contributed by atoms with Crippen molar-refractivity contribution in [3.8, 4) is 0 Å². The highest BCUT2D eigenvalue weighted by Gasteiger charge is 2.21. The first kappa shape index (κ1) is 22.6. The lowest BCUT2D eigenvalue weighted by Gasteiger charge is -2.29. The molecule has 0 aliphatic carbocycles. The number of amides is 1. The van der Waals surface area contributed by atoms with Crippen LogP contribution in [0, 0.1) is 13.8 Å². The summed E-state index contributed by atoms with van der Waals surface area (Å²) in [6.45, 7) is 5.85. The molecule has 2 heterocycles. The number of rotatable bonds is 5. The van der Waals surface area contributed by atoms with Crippen LogP contribution in [0.2, 0.25) is 0 Å². The second-order valence-corrected chi connectivity index (χ2v) is 7.92. The summed E-state index contributed by atoms with van der Waals surface area (Å²) in [7, 11) is 1.72. The Morgan fingerprint density at radius 1 is 1.29 bits per heavy atom. The van der Waals surface area contributed by atoms with Gasteiger partial charge in [-0.1, -0.05) is 18.2 Å². The van der Waals surface area contributed by atoms with Crippen LogP contribution in [0.3, 0.4) is 0 Å². The van der Waals surface area contributed by atoms with Gasteiger partial charge in [0.1, 0.15) is 0 Å². The maximum atomic E-state index is 12.7. The fourth-order valence-electron chi connectivity index (χ4n) is 3.20. The fourth-order valence-corrected chi connectivity index (χ4v) is 4.14. The van der Waals surface area contributed by atoms with E-state index in [4.69, 9.17) is 0 Å². The normalized spacial score (nSPS) is 13.5. The lowest BCUT2D eigenvalue weighted by Crippen LogP contribution is -2.46. The number of thiazole rings is 1. The highest BCUT2D eigenvalue weighted by atomic mass is 127. The van der Waals surface area contributed by atoms with Crippen molar-refractivity contribution < 1.29 is 4.79 Å². The van der Waals surface area contributed by atoms with E-state index in [1.165, 1.54) is 10.4 Å². The molecular formula is C20H28IN5OS. The summed E-state index contributed by atoms with van der Waals surface area (Å²) in [4.78, 5) is 24.6. The van der Waals surface area contributed by atoms with E-state index in [1.54, 1.807) is 18.4 Å². The quantitative estimate of drug-likeness (QED) is 0.367. The van der Waals surface area contributed by atoms with Gasteiger partial charge in [-0.2, -0.15) is 0 Å². The van der Waals surface area contributed by atoms with Crippen molar-refractivity contribution in [2.24, 2.45) is 4.99 Å². The molecule has 1 aliphatic heterocycles. The number of nitrogens with one attached hydrogen (secondary N) is 2. The number of aryl methyl sites for hydroxylation is 3. The van der Waals surface area contributed by atoms with Gasteiger partial charge in [0.25, 0.3) is 0 Å². The number of anilines is 1. The van der Waals surface area contributed by atoms with Gasteiger partial charge in [-0.25, -0.2) is 4.98 Å². The zero-order valence-electron chi connectivity index (χ0n) is 16.6. The Labute approximate surface area is 187 Å². The number of para-hydroxylation sites is 1. The third kappa shape index (κ3) is 5.66. The molecule has 0 saturated heterocycles. The molecule has 3 rings (SSSR count). The number of carbonyl (C=O) groups is 1. The summed E-state index contributed by atoms with van der Waals surface area (Å²) in [6.07, 6.45) is 2.88. The molecule has 1 amide bonds. The number of fused-ring (bicyclic) bond motifs is 1. The van der Waals surface area contributed by atoms with Crippen LogP contribution in [0.4, 0.5) is 5.69 Å². The van der Waals surface area contributed by atoms with Crippen LogP contribution >= 0.6 is 35.3 Å². The Morgan fingerprint density at radius 2 is 2.07 bits per heavy atom. The highest BCUT2D eigenvalue weighted by molar-refractivity contribution is 14.0. The van der Waals surface area contributed by atoms with Gasteiger partial charge in [-0.15, -0.1) is 35.3 Å². The number of aliphatic imine (C=N–C) groups is 1. The van der Waals surface area contributed by atoms with Crippen molar-refractivity contribution in [3.63, 3.8) is 0 Å². The van der Waals surface area contributed by atoms with E-state index in [0.29, 0.717) is 5.96 Å². The third-order valence-corrected chi connectivity index (χ3v) is 5.88. The molecule has 0 unspecified atom stereocenters. The van der Waals surface area contributed by atoms with Crippen molar-refractivity contribution in [1.82, 2.24) is 15.6 Å². The number of nitrogens with zero attached hydrogens (tertiary/aromatic N) is 3. The first-order valence-corrected chi connectivity index (χ1v) is 10.2. The molecule has 1 aromatic carbocycles. The second-order valence-electron chi connectivity index (χ2n) is 6.63. The molecule has 152 valence electrons. The molecule has 1 aromatic heterocycles. The summed E-state index contributed by atoms with van der Waals surface area (Å²) in [5, 5.41) is 7.51. The molecule has 0 bridgehead atoms. The largest absolute Gasteiger partial charge is 0.356 e. The first-order chi connectivity index (χ1) is 13.1. The molecule has 0 radical (unpaired) electrons. The van der Waals surface area contributed by atoms with Crippen molar-refractivity contribution in [2.75, 3.05) is 31.6 Å². The molecule has 8 heteroatoms. The first-order valence-electron chi connectivity index (χ1n) is 9.34. The Morgan fingerprint density at radius 3 is 2.79 bits per heavy atom. The van der Waals surface area contributed by atoms with Gasteiger partial charge in [0.2, 0.25) is 5.91 Å². The van der Waals surface area contributed by atoms with Crippen LogP contribution in [0.1, 0.15) is 27.6 Å². The summed E-state index contributed by atoms with van der Waals surface area (Å²) in [5.41, 5.74) is 3.38. The predicted octanol–water partition coefficient (Wildman–Crippen LogP) is 3.06. The maximum Gasteiger partial charge on any atom is 0.246 e. The van der Waals surface area contributed by atoms with Crippen LogP contribution in [0.5, 0.6) is 0 Å². The van der Waals surface area contributed by atoms with E-state index in [2.05, 4.69) is 33.6 Å². The molecule has 2 N–H and O–H groups in total. The topological polar surface area (TPSA) is 69.6 Å². The summed E-state index contributed by atoms with van der Waals surface area (Å²) < 4.78 is 0. The SMILES string of the molecule is CN=C(NCCc1nc(C)c(C)s1)NCC(=O)N1CCCc2ccccc21.I. The molecule has 0 saturated carbocycles. The van der Waals surface area contributed by atoms with Crippen LogP contribution in [-0.4, -0.2) is 43.5 Å². The molecule has 28 heavy (non-hydrogen) atoms. The number of halogens is 1. The molecule has 0 atom stereocenters. The zero-order chi connectivity index (χ0) is 19.2. The summed E-state index contributed by atoms with van der Waals surface area (Å²) >= 11 is 1.73. The number of hydrogen-bond acceptors (Lipinski definition) is 4. The third-order valence-electron chi connectivity index (χ3n) is 4.75. The Bertz CT molecular complexity index is 816. The number of aromatic nitrogens is 1. The minimum Gasteiger partial charge on any atom is -0.356 e. The van der Waals surface area contributed by atoms with Gasteiger partial charge < -0.3 is 15.5 Å². The van der Waals surface area contributed by atoms with Gasteiger partial charge in [-0.3, -0.25) is 9.79 Å². The number of carbonyl (C=O) groups excluding carboxylic acids is 1. The minimum atomic E-state index is 0. The monoisotopic (exact) mass is 513 g/mol. The molecule has 0 spiro atoms. The lowest BCUT2D eigenvalue weighted by molar-refractivity contribution is -0.117. The summed E-state index contributed by atoms with van der Waals surface area (Å²) in [6, 6.07) is 8.14. The van der Waals surface area contributed by atoms with Crippen molar-refractivity contribution in [3.05, 3.63) is 45.4 Å². The molecule has 2 aromatic rings. The van der Waals surface area contributed by atoms with Crippen LogP contribution < -0.4 is 15.5 Å². The van der Waals surface area contributed by atoms with Gasteiger partial charge in [0.05, 0.1) is 17.2 Å². The zero-order valence-corrected chi connectivity index (χ0v) is 19.8. The minimum absolute atomic E-state index is 0. The van der Waals surface area contributed by atoms with Crippen LogP contribution in [-0.2, 0) is 17.6 Å². The Balaban J connectivity index is 0.00000280. The van der Waals surface area contributed by atoms with Gasteiger partial charge in [0, 0.05) is 37.1 Å². The van der Waals surface area contributed by atoms with Gasteiger partial charge in [-0.05, 0) is 38.3 Å². The number of hydrogen-bond donors (Lipinski definition) is 2. The number of benzene rings is 1. The fraction of sp³-hybridized carbons (Fsp3) is 0.450. The lowest BCUT2D eigenvalue weighted by atomic mass is 10.0. The second kappa shape index (κ2) is 10.8. The van der Waals surface area contributed by atoms with E-state index in [1.807, 2.05) is 30.0 Å². The standard InChI is InChI=1S/C20H27N5OS.HI/c1-14-15(2)27-18(24-14)10-11-22-20(21-3)23-13-19(26)25-12-6-8-16-7-4-5-9-17(16)25;/h4-5,7,9H,6,8,10-13H2,1-3H3,(H2,21,22,23);1H. The number of guanidine groups is 1. The highest BCUT2D eigenvalue weighted by Crippen LogP contribution is 2.26. The van der Waals surface area contributed by atoms with Crippen LogP contribution in [0.25, 0.3) is 0 Å². The van der Waals surface area contributed by atoms with Crippen LogP contribution in [0.15, 0.2) is 29.3 Å². The van der Waals surface area contributed by atoms with Crippen molar-refractivity contribution in [2.45, 2.75) is 33.1 Å². The van der Waals surface area contributed by atoms with E-state index < -0.39 is 0 Å². The van der Waals surface area contributed by atoms with E-state index in [0.717, 1.165) is 48.7 Å². The summed E-state index contributed by atoms with van der Waals surface area (Å²) in [5.74, 6) is 0.704. The Hall–Kier alpha value is -1.68. The van der Waals surface area contributed by atoms with Crippen molar-refractivity contribution >= 4 is 52.9 Å². The van der Waals surface area contributed by atoms with Crippen molar-refractivity contribution in [1.29, 1.82) is 0 Å². The van der Waals surface area contributed by atoms with Gasteiger partial charge in [0.15, 0.2) is 5.96 Å². The predicted molar refractivity (Wildman–Crippen MR) is 127 cm³/mol. The molecule has 6 nitrogen and oxygen atoms in total. The Kier molecular flexibility index (Phi) is 8.68. The maximum absolute atomic E-state index is 12.7. The molecule has 1 aliphatic rings. The van der Waals surface area contributed by atoms with E-state index >= 15 is 0 Å². The molecular weight excluding hydrogens is 485 g/mol. The van der Waals surface area contributed by atoms with E-state index in [-0.39, 0.29) is 36.4 Å². The van der Waals surface area contributed by atoms with Gasteiger partial charge >= 0.3 is 0 Å². The smallest absolute Gasteiger partial charge is 0.246 e. The average molecular weight is 513 g/mol. The van der Waals surface area contributed by atoms with E-state index in [9.17, 15) is 4.79 Å². The average Bonchev–Trinajstić information content (AvgIpc) is 3.01.